The molecule has 0 aliphatic carbocycles. The molecule has 0 saturated carbocycles. The van der Waals surface area contributed by atoms with Crippen LogP contribution in [-0.2, 0) is 13.3 Å². The minimum absolute atomic E-state index is 0.285. The molecule has 16 heavy (non-hydrogen) atoms. The molecule has 0 bridgehead atoms. The van der Waals surface area contributed by atoms with E-state index in [-0.39, 0.29) is 5.60 Å². The maximum atomic E-state index is 6.19. The molecule has 1 aliphatic rings. The number of hydrogen-bond donors (Lipinski definition) is 0. The van der Waals surface area contributed by atoms with Crippen molar-refractivity contribution in [3.05, 3.63) is 12.7 Å². The molecule has 0 aromatic rings. The molecule has 0 N–H and O–H groups in total. The zero-order valence-corrected chi connectivity index (χ0v) is 11.8. The molecular formula is C12H24O3Si. The molecule has 1 rings (SSSR count). The number of rotatable bonds is 5. The highest BCUT2D eigenvalue weighted by molar-refractivity contribution is 6.60. The van der Waals surface area contributed by atoms with Gasteiger partial charge in [0.15, 0.2) is 0 Å². The quantitative estimate of drug-likeness (QED) is 0.549. The number of hydrogen-bond acceptors (Lipinski definition) is 3. The first-order chi connectivity index (χ1) is 7.60. The van der Waals surface area contributed by atoms with Crippen LogP contribution in [-0.4, -0.2) is 27.6 Å². The van der Waals surface area contributed by atoms with Gasteiger partial charge >= 0.3 is 8.80 Å². The van der Waals surface area contributed by atoms with Crippen LogP contribution < -0.4 is 0 Å². The topological polar surface area (TPSA) is 27.7 Å². The third-order valence-electron chi connectivity index (χ3n) is 2.96. The summed E-state index contributed by atoms with van der Waals surface area (Å²) in [5.41, 5.74) is -0.285. The molecule has 1 fully saturated rings. The Hall–Kier alpha value is -0.163. The van der Waals surface area contributed by atoms with E-state index in [0.717, 1.165) is 25.3 Å². The van der Waals surface area contributed by atoms with E-state index in [9.17, 15) is 0 Å². The summed E-state index contributed by atoms with van der Waals surface area (Å²) >= 11 is 0. The van der Waals surface area contributed by atoms with Crippen molar-refractivity contribution in [2.24, 2.45) is 0 Å². The summed E-state index contributed by atoms with van der Waals surface area (Å²) in [6.45, 7) is 11.2. The average Bonchev–Trinajstić information content (AvgIpc) is 2.40. The highest BCUT2D eigenvalue weighted by atomic mass is 28.4. The van der Waals surface area contributed by atoms with Crippen LogP contribution in [0.5, 0.6) is 0 Å². The maximum Gasteiger partial charge on any atom is 0.501 e. The van der Waals surface area contributed by atoms with Crippen molar-refractivity contribution >= 4 is 8.80 Å². The first-order valence-electron chi connectivity index (χ1n) is 6.21. The van der Waals surface area contributed by atoms with Gasteiger partial charge in [0.25, 0.3) is 0 Å². The van der Waals surface area contributed by atoms with Gasteiger partial charge in [0, 0.05) is 19.3 Å². The SMILES string of the molecule is C=CC1(C)CCCC[Si](OCC)(OCC)O1. The Morgan fingerprint density at radius 2 is 1.94 bits per heavy atom. The van der Waals surface area contributed by atoms with Crippen molar-refractivity contribution in [2.45, 2.75) is 51.7 Å². The molecular weight excluding hydrogens is 220 g/mol. The maximum absolute atomic E-state index is 6.19. The van der Waals surface area contributed by atoms with Crippen LogP contribution in [0.2, 0.25) is 6.04 Å². The molecule has 0 aromatic carbocycles. The molecule has 0 spiro atoms. The van der Waals surface area contributed by atoms with Crippen molar-refractivity contribution in [1.29, 1.82) is 0 Å². The lowest BCUT2D eigenvalue weighted by Crippen LogP contribution is -2.50. The standard InChI is InChI=1S/C12H24O3Si/c1-5-12(4)10-8-9-11-16(15-12,13-6-2)14-7-3/h5H,1,6-11H2,2-4H3. The smallest absolute Gasteiger partial charge is 0.374 e. The molecule has 0 radical (unpaired) electrons. The van der Waals surface area contributed by atoms with Crippen LogP contribution in [0.15, 0.2) is 12.7 Å². The predicted octanol–water partition coefficient (Wildman–Crippen LogP) is 3.14. The largest absolute Gasteiger partial charge is 0.501 e. The lowest BCUT2D eigenvalue weighted by atomic mass is 10.00. The summed E-state index contributed by atoms with van der Waals surface area (Å²) in [7, 11) is -2.46. The first kappa shape index (κ1) is 13.9. The second-order valence-electron chi connectivity index (χ2n) is 4.37. The Balaban J connectivity index is 2.83. The minimum atomic E-state index is -2.46. The summed E-state index contributed by atoms with van der Waals surface area (Å²) in [6.07, 6.45) is 5.16. The van der Waals surface area contributed by atoms with Gasteiger partial charge in [-0.05, 0) is 33.6 Å². The summed E-state index contributed by atoms with van der Waals surface area (Å²) in [4.78, 5) is 0. The van der Waals surface area contributed by atoms with E-state index in [1.165, 1.54) is 0 Å². The van der Waals surface area contributed by atoms with Gasteiger partial charge in [-0.1, -0.05) is 12.5 Å². The van der Waals surface area contributed by atoms with E-state index >= 15 is 0 Å². The lowest BCUT2D eigenvalue weighted by molar-refractivity contribution is 0.00800. The molecule has 1 saturated heterocycles. The summed E-state index contributed by atoms with van der Waals surface area (Å²) in [6, 6.07) is 0.929. The molecule has 1 atom stereocenters. The highest BCUT2D eigenvalue weighted by Gasteiger charge is 2.47. The molecule has 1 heterocycles. The van der Waals surface area contributed by atoms with Crippen molar-refractivity contribution < 1.29 is 13.3 Å². The summed E-state index contributed by atoms with van der Waals surface area (Å²) in [5.74, 6) is 0. The van der Waals surface area contributed by atoms with E-state index < -0.39 is 8.80 Å². The molecule has 0 aromatic heterocycles. The average molecular weight is 244 g/mol. The van der Waals surface area contributed by atoms with E-state index in [4.69, 9.17) is 13.3 Å². The minimum Gasteiger partial charge on any atom is -0.374 e. The van der Waals surface area contributed by atoms with E-state index in [1.54, 1.807) is 0 Å². The van der Waals surface area contributed by atoms with E-state index in [1.807, 2.05) is 19.9 Å². The van der Waals surface area contributed by atoms with Crippen molar-refractivity contribution in [3.63, 3.8) is 0 Å². The van der Waals surface area contributed by atoms with Gasteiger partial charge in [-0.2, -0.15) is 0 Å². The van der Waals surface area contributed by atoms with Crippen molar-refractivity contribution in [2.75, 3.05) is 13.2 Å². The Bertz CT molecular complexity index is 226. The lowest BCUT2D eigenvalue weighted by Gasteiger charge is -2.35. The molecule has 3 nitrogen and oxygen atoms in total. The fraction of sp³-hybridized carbons (Fsp3) is 0.833. The normalized spacial score (nSPS) is 29.7. The first-order valence-corrected chi connectivity index (χ1v) is 8.14. The predicted molar refractivity (Wildman–Crippen MR) is 67.4 cm³/mol. The van der Waals surface area contributed by atoms with Crippen molar-refractivity contribution in [3.8, 4) is 0 Å². The summed E-state index contributed by atoms with van der Waals surface area (Å²) in [5, 5.41) is 0. The zero-order valence-electron chi connectivity index (χ0n) is 10.8. The van der Waals surface area contributed by atoms with Gasteiger partial charge in [0.2, 0.25) is 0 Å². The Morgan fingerprint density at radius 1 is 1.31 bits per heavy atom. The van der Waals surface area contributed by atoms with Crippen molar-refractivity contribution in [1.82, 2.24) is 0 Å². The van der Waals surface area contributed by atoms with Gasteiger partial charge in [-0.3, -0.25) is 0 Å². The second-order valence-corrected chi connectivity index (χ2v) is 7.02. The van der Waals surface area contributed by atoms with Crippen LogP contribution in [0.3, 0.4) is 0 Å². The summed E-state index contributed by atoms with van der Waals surface area (Å²) < 4.78 is 17.9. The van der Waals surface area contributed by atoms with Crippen LogP contribution in [0.1, 0.15) is 40.0 Å². The van der Waals surface area contributed by atoms with Gasteiger partial charge in [0.1, 0.15) is 0 Å². The zero-order chi connectivity index (χ0) is 12.1. The molecule has 0 amide bonds. The van der Waals surface area contributed by atoms with E-state index in [2.05, 4.69) is 13.5 Å². The van der Waals surface area contributed by atoms with Crippen LogP contribution in [0.4, 0.5) is 0 Å². The highest BCUT2D eigenvalue weighted by Crippen LogP contribution is 2.33. The second kappa shape index (κ2) is 5.96. The molecule has 1 aliphatic heterocycles. The fourth-order valence-electron chi connectivity index (χ4n) is 2.10. The molecule has 1 unspecified atom stereocenters. The monoisotopic (exact) mass is 244 g/mol. The van der Waals surface area contributed by atoms with Gasteiger partial charge < -0.3 is 13.3 Å². The van der Waals surface area contributed by atoms with Gasteiger partial charge in [-0.25, -0.2) is 0 Å². The molecule has 94 valence electrons. The Morgan fingerprint density at radius 3 is 2.44 bits per heavy atom. The third-order valence-corrected chi connectivity index (χ3v) is 6.16. The van der Waals surface area contributed by atoms with Crippen LogP contribution >= 0.6 is 0 Å². The van der Waals surface area contributed by atoms with Gasteiger partial charge in [-0.15, -0.1) is 6.58 Å². The third kappa shape index (κ3) is 3.42. The van der Waals surface area contributed by atoms with Crippen LogP contribution in [0, 0.1) is 0 Å². The Kier molecular flexibility index (Phi) is 5.18. The Labute approximate surface area is 100 Å². The van der Waals surface area contributed by atoms with Gasteiger partial charge in [0.05, 0.1) is 5.60 Å². The van der Waals surface area contributed by atoms with E-state index in [0.29, 0.717) is 13.2 Å². The fourth-order valence-corrected chi connectivity index (χ4v) is 5.15. The molecule has 4 heteroatoms. The van der Waals surface area contributed by atoms with Crippen LogP contribution in [0.25, 0.3) is 0 Å².